The standard InChI is InChI=1S/C31H29Cl2F6NO3/c32-26-7-6-21(16-27(26)33)25(8-11-40-12-9-29(42,10-13-40)22-4-2-1-3-5-22)28(41)19-43-18-20-14-23(30(34,35)36)17-24(15-20)31(37,38)39/h1-7,14-17,25,42H,8-13,18-19H2. The average Bonchev–Trinajstić information content (AvgIpc) is 2.95. The van der Waals surface area contributed by atoms with E-state index in [1.165, 1.54) is 0 Å². The minimum Gasteiger partial charge on any atom is -0.385 e. The average molecular weight is 648 g/mol. The molecule has 0 radical (unpaired) electrons. The van der Waals surface area contributed by atoms with Crippen molar-refractivity contribution in [2.24, 2.45) is 0 Å². The van der Waals surface area contributed by atoms with Crippen molar-refractivity contribution in [1.29, 1.82) is 0 Å². The number of halogens is 8. The van der Waals surface area contributed by atoms with Crippen LogP contribution in [0.4, 0.5) is 26.3 Å². The third-order valence-corrected chi connectivity index (χ3v) is 8.36. The molecule has 0 aliphatic carbocycles. The molecule has 1 unspecified atom stereocenters. The summed E-state index contributed by atoms with van der Waals surface area (Å²) in [5.74, 6) is -1.14. The molecule has 43 heavy (non-hydrogen) atoms. The summed E-state index contributed by atoms with van der Waals surface area (Å²) in [4.78, 5) is 15.4. The molecule has 0 bridgehead atoms. The number of carbonyl (C=O) groups is 1. The predicted octanol–water partition coefficient (Wildman–Crippen LogP) is 8.27. The third-order valence-electron chi connectivity index (χ3n) is 7.62. The highest BCUT2D eigenvalue weighted by molar-refractivity contribution is 6.42. The second-order valence-electron chi connectivity index (χ2n) is 10.6. The van der Waals surface area contributed by atoms with Gasteiger partial charge in [0, 0.05) is 19.0 Å². The fourth-order valence-electron chi connectivity index (χ4n) is 5.21. The predicted molar refractivity (Wildman–Crippen MR) is 151 cm³/mol. The number of piperidine rings is 1. The van der Waals surface area contributed by atoms with Crippen molar-refractivity contribution >= 4 is 29.0 Å². The zero-order valence-electron chi connectivity index (χ0n) is 22.8. The lowest BCUT2D eigenvalue weighted by atomic mass is 9.84. The van der Waals surface area contributed by atoms with Gasteiger partial charge in [-0.05, 0) is 72.8 Å². The topological polar surface area (TPSA) is 49.8 Å². The minimum atomic E-state index is -4.99. The van der Waals surface area contributed by atoms with E-state index in [1.54, 1.807) is 18.2 Å². The summed E-state index contributed by atoms with van der Waals surface area (Å²) in [5.41, 5.74) is -2.82. The molecule has 12 heteroatoms. The molecule has 3 aromatic carbocycles. The number of hydrogen-bond acceptors (Lipinski definition) is 4. The fraction of sp³-hybridized carbons (Fsp3) is 0.387. The number of ketones is 1. The van der Waals surface area contributed by atoms with Crippen LogP contribution < -0.4 is 0 Å². The van der Waals surface area contributed by atoms with Crippen LogP contribution in [-0.2, 0) is 34.1 Å². The van der Waals surface area contributed by atoms with Crippen molar-refractivity contribution < 1.29 is 41.0 Å². The minimum absolute atomic E-state index is 0.0379. The fourth-order valence-corrected chi connectivity index (χ4v) is 5.52. The second-order valence-corrected chi connectivity index (χ2v) is 11.4. The van der Waals surface area contributed by atoms with Crippen LogP contribution in [0, 0.1) is 0 Å². The van der Waals surface area contributed by atoms with Gasteiger partial charge in [-0.25, -0.2) is 0 Å². The van der Waals surface area contributed by atoms with Gasteiger partial charge in [-0.2, -0.15) is 26.3 Å². The van der Waals surface area contributed by atoms with Gasteiger partial charge in [-0.3, -0.25) is 4.79 Å². The molecule has 1 atom stereocenters. The first kappa shape index (κ1) is 33.3. The smallest absolute Gasteiger partial charge is 0.385 e. The molecule has 3 aromatic rings. The van der Waals surface area contributed by atoms with Crippen LogP contribution in [0.1, 0.15) is 53.0 Å². The number of benzene rings is 3. The van der Waals surface area contributed by atoms with E-state index >= 15 is 0 Å². The van der Waals surface area contributed by atoms with Crippen molar-refractivity contribution in [2.45, 2.75) is 49.7 Å². The van der Waals surface area contributed by atoms with E-state index in [2.05, 4.69) is 4.90 Å². The maximum Gasteiger partial charge on any atom is 0.416 e. The van der Waals surface area contributed by atoms with E-state index in [0.29, 0.717) is 56.6 Å². The summed E-state index contributed by atoms with van der Waals surface area (Å²) in [6.45, 7) is 0.486. The van der Waals surface area contributed by atoms with Gasteiger partial charge in [0.05, 0.1) is 33.4 Å². The number of alkyl halides is 6. The van der Waals surface area contributed by atoms with E-state index in [-0.39, 0.29) is 21.7 Å². The van der Waals surface area contributed by atoms with Gasteiger partial charge in [0.15, 0.2) is 5.78 Å². The monoisotopic (exact) mass is 647 g/mol. The van der Waals surface area contributed by atoms with E-state index in [0.717, 1.165) is 5.56 Å². The Kier molecular flexibility index (Phi) is 10.5. The maximum absolute atomic E-state index is 13.3. The van der Waals surface area contributed by atoms with Gasteiger partial charge >= 0.3 is 12.4 Å². The van der Waals surface area contributed by atoms with Crippen molar-refractivity contribution in [3.8, 4) is 0 Å². The summed E-state index contributed by atoms with van der Waals surface area (Å²) in [7, 11) is 0. The second kappa shape index (κ2) is 13.6. The van der Waals surface area contributed by atoms with Crippen LogP contribution in [0.25, 0.3) is 0 Å². The van der Waals surface area contributed by atoms with Gasteiger partial charge in [0.1, 0.15) is 6.61 Å². The molecular weight excluding hydrogens is 619 g/mol. The zero-order chi connectivity index (χ0) is 31.4. The molecule has 1 aliphatic heterocycles. The molecule has 1 heterocycles. The highest BCUT2D eigenvalue weighted by Crippen LogP contribution is 2.37. The van der Waals surface area contributed by atoms with Gasteiger partial charge in [-0.15, -0.1) is 0 Å². The Balaban J connectivity index is 1.43. The Labute approximate surface area is 255 Å². The molecule has 1 N–H and O–H groups in total. The Morgan fingerprint density at radius 1 is 0.884 bits per heavy atom. The molecule has 1 aliphatic rings. The van der Waals surface area contributed by atoms with Crippen LogP contribution in [-0.4, -0.2) is 42.0 Å². The van der Waals surface area contributed by atoms with Crippen LogP contribution in [0.5, 0.6) is 0 Å². The molecule has 4 nitrogen and oxygen atoms in total. The highest BCUT2D eigenvalue weighted by Gasteiger charge is 2.37. The lowest BCUT2D eigenvalue weighted by Crippen LogP contribution is -2.43. The van der Waals surface area contributed by atoms with Gasteiger partial charge in [-0.1, -0.05) is 59.6 Å². The number of Topliss-reactive ketones (excluding diaryl/α,β-unsaturated/α-hetero) is 1. The maximum atomic E-state index is 13.3. The number of rotatable bonds is 10. The number of aliphatic hydroxyl groups is 1. The van der Waals surface area contributed by atoms with Crippen molar-refractivity contribution in [1.82, 2.24) is 4.90 Å². The van der Waals surface area contributed by atoms with Crippen LogP contribution >= 0.6 is 23.2 Å². The first-order valence-electron chi connectivity index (χ1n) is 13.5. The van der Waals surface area contributed by atoms with Crippen LogP contribution in [0.2, 0.25) is 10.0 Å². The van der Waals surface area contributed by atoms with Crippen LogP contribution in [0.15, 0.2) is 66.7 Å². The van der Waals surface area contributed by atoms with E-state index < -0.39 is 54.0 Å². The Morgan fingerprint density at radius 2 is 1.49 bits per heavy atom. The summed E-state index contributed by atoms with van der Waals surface area (Å²) >= 11 is 12.2. The molecule has 232 valence electrons. The van der Waals surface area contributed by atoms with Crippen LogP contribution in [0.3, 0.4) is 0 Å². The SMILES string of the molecule is O=C(COCc1cc(C(F)(F)F)cc(C(F)(F)F)c1)C(CCN1CCC(O)(c2ccccc2)CC1)c1ccc(Cl)c(Cl)c1. The third kappa shape index (κ3) is 8.73. The molecule has 1 fully saturated rings. The number of likely N-dealkylation sites (tertiary alicyclic amines) is 1. The summed E-state index contributed by atoms with van der Waals surface area (Å²) in [5, 5.41) is 11.6. The number of carbonyl (C=O) groups excluding carboxylic acids is 1. The Morgan fingerprint density at radius 3 is 2.05 bits per heavy atom. The number of hydrogen-bond donors (Lipinski definition) is 1. The summed E-state index contributed by atoms with van der Waals surface area (Å²) in [6.07, 6.45) is -8.64. The number of nitrogens with zero attached hydrogens (tertiary/aromatic N) is 1. The van der Waals surface area contributed by atoms with Gasteiger partial charge < -0.3 is 14.7 Å². The quantitative estimate of drug-likeness (QED) is 0.225. The molecule has 0 saturated carbocycles. The molecule has 0 amide bonds. The molecule has 0 aromatic heterocycles. The summed E-state index contributed by atoms with van der Waals surface area (Å²) < 4.78 is 84.6. The zero-order valence-corrected chi connectivity index (χ0v) is 24.3. The molecule has 0 spiro atoms. The highest BCUT2D eigenvalue weighted by atomic mass is 35.5. The molecule has 1 saturated heterocycles. The Bertz CT molecular complexity index is 1370. The van der Waals surface area contributed by atoms with E-state index in [1.807, 2.05) is 30.3 Å². The van der Waals surface area contributed by atoms with Gasteiger partial charge in [0.2, 0.25) is 0 Å². The lowest BCUT2D eigenvalue weighted by Gasteiger charge is -2.39. The lowest BCUT2D eigenvalue weighted by molar-refractivity contribution is -0.143. The van der Waals surface area contributed by atoms with Gasteiger partial charge in [0.25, 0.3) is 0 Å². The van der Waals surface area contributed by atoms with Crippen molar-refractivity contribution in [3.05, 3.63) is 105 Å². The molecular formula is C31H29Cl2F6NO3. The first-order chi connectivity index (χ1) is 20.2. The molecule has 4 rings (SSSR count). The Hall–Kier alpha value is -2.63. The summed E-state index contributed by atoms with van der Waals surface area (Å²) in [6, 6.07) is 15.3. The normalized spacial score (nSPS) is 16.7. The first-order valence-corrected chi connectivity index (χ1v) is 14.3. The number of ether oxygens (including phenoxy) is 1. The van der Waals surface area contributed by atoms with E-state index in [9.17, 15) is 36.2 Å². The van der Waals surface area contributed by atoms with Crippen molar-refractivity contribution in [2.75, 3.05) is 26.2 Å². The largest absolute Gasteiger partial charge is 0.416 e. The van der Waals surface area contributed by atoms with Crippen molar-refractivity contribution in [3.63, 3.8) is 0 Å². The van der Waals surface area contributed by atoms with E-state index in [4.69, 9.17) is 27.9 Å².